The molecule has 1 saturated heterocycles. The van der Waals surface area contributed by atoms with Gasteiger partial charge < -0.3 is 16.0 Å². The monoisotopic (exact) mass is 416 g/mol. The van der Waals surface area contributed by atoms with E-state index in [1.807, 2.05) is 58.8 Å². The normalized spacial score (nSPS) is 14.8. The molecule has 4 heterocycles. The standard InChI is InChI=1S/C22H24N8O/c1-14-11-19(28-27-14)26-22-25-18(13-20-24-7-10-30(20)22)15-3-2-4-16(12-15)21(31)29-8-5-17(23)6-9-29/h2-4,7,10-13,17H,5-6,8-9,23H2,1H3,(H2,25,26,27,28). The number of rotatable bonds is 4. The van der Waals surface area contributed by atoms with Crippen LogP contribution < -0.4 is 11.1 Å². The average Bonchev–Trinajstić information content (AvgIpc) is 3.42. The number of hydrogen-bond acceptors (Lipinski definition) is 6. The first kappa shape index (κ1) is 19.3. The molecule has 4 aromatic rings. The number of amides is 1. The number of carbonyl (C=O) groups is 1. The van der Waals surface area contributed by atoms with E-state index < -0.39 is 0 Å². The van der Waals surface area contributed by atoms with Gasteiger partial charge in [0.1, 0.15) is 5.65 Å². The van der Waals surface area contributed by atoms with Crippen LogP contribution in [0.2, 0.25) is 0 Å². The Kier molecular flexibility index (Phi) is 4.87. The van der Waals surface area contributed by atoms with Gasteiger partial charge in [-0.3, -0.25) is 14.3 Å². The summed E-state index contributed by atoms with van der Waals surface area (Å²) in [7, 11) is 0. The van der Waals surface area contributed by atoms with Crippen LogP contribution in [0.15, 0.2) is 48.8 Å². The van der Waals surface area contributed by atoms with Gasteiger partial charge in [0.2, 0.25) is 5.95 Å². The van der Waals surface area contributed by atoms with E-state index >= 15 is 0 Å². The highest BCUT2D eigenvalue weighted by Gasteiger charge is 2.22. The summed E-state index contributed by atoms with van der Waals surface area (Å²) in [5, 5.41) is 10.4. The Hall–Kier alpha value is -3.72. The van der Waals surface area contributed by atoms with Crippen molar-refractivity contribution < 1.29 is 4.79 Å². The van der Waals surface area contributed by atoms with Crippen molar-refractivity contribution in [1.82, 2.24) is 29.5 Å². The Morgan fingerprint density at radius 1 is 1.23 bits per heavy atom. The third kappa shape index (κ3) is 3.87. The first-order valence-electron chi connectivity index (χ1n) is 10.4. The zero-order chi connectivity index (χ0) is 21.4. The molecule has 5 rings (SSSR count). The second kappa shape index (κ2) is 7.84. The van der Waals surface area contributed by atoms with Crippen molar-refractivity contribution in [2.24, 2.45) is 5.73 Å². The molecule has 0 atom stereocenters. The highest BCUT2D eigenvalue weighted by atomic mass is 16.2. The summed E-state index contributed by atoms with van der Waals surface area (Å²) < 4.78 is 1.86. The number of aromatic amines is 1. The smallest absolute Gasteiger partial charge is 0.253 e. The molecule has 9 heteroatoms. The molecule has 0 unspecified atom stereocenters. The molecule has 9 nitrogen and oxygen atoms in total. The lowest BCUT2D eigenvalue weighted by atomic mass is 10.0. The fraction of sp³-hybridized carbons (Fsp3) is 0.273. The minimum Gasteiger partial charge on any atom is -0.339 e. The molecule has 1 fully saturated rings. The molecule has 0 bridgehead atoms. The zero-order valence-electron chi connectivity index (χ0n) is 17.2. The van der Waals surface area contributed by atoms with Crippen LogP contribution in [0, 0.1) is 6.92 Å². The average molecular weight is 416 g/mol. The fourth-order valence-electron chi connectivity index (χ4n) is 3.85. The van der Waals surface area contributed by atoms with Crippen molar-refractivity contribution in [3.63, 3.8) is 0 Å². The van der Waals surface area contributed by atoms with Crippen molar-refractivity contribution >= 4 is 23.3 Å². The Morgan fingerprint density at radius 3 is 2.84 bits per heavy atom. The van der Waals surface area contributed by atoms with Crippen LogP contribution in [0.5, 0.6) is 0 Å². The largest absolute Gasteiger partial charge is 0.339 e. The van der Waals surface area contributed by atoms with Crippen LogP contribution in [0.25, 0.3) is 16.9 Å². The fourth-order valence-corrected chi connectivity index (χ4v) is 3.85. The van der Waals surface area contributed by atoms with Gasteiger partial charge in [0.25, 0.3) is 5.91 Å². The highest BCUT2D eigenvalue weighted by Crippen LogP contribution is 2.25. The van der Waals surface area contributed by atoms with Gasteiger partial charge in [-0.1, -0.05) is 12.1 Å². The molecular formula is C22H24N8O. The van der Waals surface area contributed by atoms with Crippen molar-refractivity contribution in [2.45, 2.75) is 25.8 Å². The highest BCUT2D eigenvalue weighted by molar-refractivity contribution is 5.95. The molecule has 158 valence electrons. The first-order valence-corrected chi connectivity index (χ1v) is 10.4. The van der Waals surface area contributed by atoms with Crippen LogP contribution in [-0.4, -0.2) is 54.5 Å². The molecule has 0 spiro atoms. The van der Waals surface area contributed by atoms with Crippen LogP contribution in [-0.2, 0) is 0 Å². The maximum absolute atomic E-state index is 13.0. The third-order valence-corrected chi connectivity index (χ3v) is 5.57. The van der Waals surface area contributed by atoms with Gasteiger partial charge >= 0.3 is 0 Å². The van der Waals surface area contributed by atoms with E-state index in [-0.39, 0.29) is 11.9 Å². The van der Waals surface area contributed by atoms with E-state index in [0.717, 1.165) is 35.4 Å². The number of nitrogens with zero attached hydrogens (tertiary/aromatic N) is 5. The molecule has 0 aliphatic carbocycles. The number of carbonyl (C=O) groups excluding carboxylic acids is 1. The van der Waals surface area contributed by atoms with E-state index in [2.05, 4.69) is 20.5 Å². The van der Waals surface area contributed by atoms with Crippen LogP contribution in [0.4, 0.5) is 11.8 Å². The number of imidazole rings is 1. The van der Waals surface area contributed by atoms with Gasteiger partial charge in [0.15, 0.2) is 5.82 Å². The van der Waals surface area contributed by atoms with Gasteiger partial charge in [-0.05, 0) is 31.9 Å². The second-order valence-corrected chi connectivity index (χ2v) is 7.89. The van der Waals surface area contributed by atoms with Crippen molar-refractivity contribution in [3.8, 4) is 11.3 Å². The molecule has 0 saturated carbocycles. The maximum atomic E-state index is 13.0. The number of likely N-dealkylation sites (tertiary alicyclic amines) is 1. The third-order valence-electron chi connectivity index (χ3n) is 5.57. The maximum Gasteiger partial charge on any atom is 0.253 e. The van der Waals surface area contributed by atoms with E-state index in [9.17, 15) is 4.79 Å². The quantitative estimate of drug-likeness (QED) is 0.471. The summed E-state index contributed by atoms with van der Waals surface area (Å²) in [5.41, 5.74) is 9.90. The Labute approximate surface area is 179 Å². The van der Waals surface area contributed by atoms with E-state index in [1.165, 1.54) is 0 Å². The molecular weight excluding hydrogens is 392 g/mol. The van der Waals surface area contributed by atoms with Crippen molar-refractivity contribution in [1.29, 1.82) is 0 Å². The van der Waals surface area contributed by atoms with E-state index in [4.69, 9.17) is 10.7 Å². The minimum absolute atomic E-state index is 0.0287. The Bertz CT molecular complexity index is 1240. The number of hydrogen-bond donors (Lipinski definition) is 3. The lowest BCUT2D eigenvalue weighted by Gasteiger charge is -2.30. The van der Waals surface area contributed by atoms with Gasteiger partial charge in [-0.2, -0.15) is 5.10 Å². The predicted octanol–water partition coefficient (Wildman–Crippen LogP) is 2.73. The van der Waals surface area contributed by atoms with Crippen LogP contribution in [0.1, 0.15) is 28.9 Å². The summed E-state index contributed by atoms with van der Waals surface area (Å²) >= 11 is 0. The summed E-state index contributed by atoms with van der Waals surface area (Å²) in [6.45, 7) is 3.33. The molecule has 31 heavy (non-hydrogen) atoms. The number of fused-ring (bicyclic) bond motifs is 1. The van der Waals surface area contributed by atoms with Crippen molar-refractivity contribution in [2.75, 3.05) is 18.4 Å². The predicted molar refractivity (Wildman–Crippen MR) is 118 cm³/mol. The van der Waals surface area contributed by atoms with Crippen LogP contribution in [0.3, 0.4) is 0 Å². The summed E-state index contributed by atoms with van der Waals surface area (Å²) in [5.74, 6) is 1.30. The number of nitrogens with one attached hydrogen (secondary N) is 2. The molecule has 1 aromatic carbocycles. The van der Waals surface area contributed by atoms with Crippen molar-refractivity contribution in [3.05, 3.63) is 60.0 Å². The van der Waals surface area contributed by atoms with Gasteiger partial charge in [0.05, 0.1) is 5.69 Å². The summed E-state index contributed by atoms with van der Waals surface area (Å²) in [6, 6.07) is 11.6. The number of benzene rings is 1. The zero-order valence-corrected chi connectivity index (χ0v) is 17.2. The topological polar surface area (TPSA) is 117 Å². The molecule has 1 aliphatic rings. The van der Waals surface area contributed by atoms with Gasteiger partial charge in [0, 0.05) is 60.5 Å². The van der Waals surface area contributed by atoms with Crippen LogP contribution >= 0.6 is 0 Å². The number of piperidine rings is 1. The number of aromatic nitrogens is 5. The second-order valence-electron chi connectivity index (χ2n) is 7.89. The number of aryl methyl sites for hydroxylation is 1. The number of H-pyrrole nitrogens is 1. The lowest BCUT2D eigenvalue weighted by molar-refractivity contribution is 0.0715. The summed E-state index contributed by atoms with van der Waals surface area (Å²) in [6.07, 6.45) is 5.24. The van der Waals surface area contributed by atoms with Gasteiger partial charge in [-0.15, -0.1) is 0 Å². The summed E-state index contributed by atoms with van der Waals surface area (Å²) in [4.78, 5) is 24.1. The Morgan fingerprint density at radius 2 is 2.06 bits per heavy atom. The molecule has 1 amide bonds. The minimum atomic E-state index is 0.0287. The van der Waals surface area contributed by atoms with E-state index in [0.29, 0.717) is 30.4 Å². The molecule has 1 aliphatic heterocycles. The molecule has 0 radical (unpaired) electrons. The SMILES string of the molecule is Cc1cc(Nc2nc(-c3cccc(C(=O)N4CCC(N)CC4)c3)cc3nccn23)n[nH]1. The molecule has 4 N–H and O–H groups in total. The first-order chi connectivity index (χ1) is 15.1. The molecule has 3 aromatic heterocycles. The lowest BCUT2D eigenvalue weighted by Crippen LogP contribution is -2.42. The Balaban J connectivity index is 1.48. The van der Waals surface area contributed by atoms with E-state index in [1.54, 1.807) is 6.20 Å². The number of nitrogens with two attached hydrogens (primary N) is 1. The number of anilines is 2. The van der Waals surface area contributed by atoms with Gasteiger partial charge in [-0.25, -0.2) is 9.97 Å².